The third-order valence-corrected chi connectivity index (χ3v) is 4.21. The van der Waals surface area contributed by atoms with Crippen LogP contribution >= 0.6 is 11.6 Å². The van der Waals surface area contributed by atoms with Crippen molar-refractivity contribution >= 4 is 29.2 Å². The van der Waals surface area contributed by atoms with Gasteiger partial charge in [-0.25, -0.2) is 0 Å². The largest absolute Gasteiger partial charge is 0.352 e. The van der Waals surface area contributed by atoms with Crippen LogP contribution in [-0.2, 0) is 0 Å². The lowest BCUT2D eigenvalue weighted by Gasteiger charge is -2.23. The van der Waals surface area contributed by atoms with Crippen molar-refractivity contribution in [1.82, 2.24) is 15.6 Å². The summed E-state index contributed by atoms with van der Waals surface area (Å²) in [6, 6.07) is 10.4. The minimum Gasteiger partial charge on any atom is -0.352 e. The summed E-state index contributed by atoms with van der Waals surface area (Å²) in [6.45, 7) is 5.10. The Kier molecular flexibility index (Phi) is 7.78. The molecule has 0 unspecified atom stereocenters. The van der Waals surface area contributed by atoms with E-state index in [-0.39, 0.29) is 11.3 Å². The lowest BCUT2D eigenvalue weighted by atomic mass is 9.89. The number of amides is 1. The molecule has 0 spiro atoms. The summed E-state index contributed by atoms with van der Waals surface area (Å²) in [5.74, 6) is 0.217. The van der Waals surface area contributed by atoms with E-state index in [4.69, 9.17) is 16.9 Å². The van der Waals surface area contributed by atoms with E-state index in [1.165, 1.54) is 0 Å². The molecule has 28 heavy (non-hydrogen) atoms. The summed E-state index contributed by atoms with van der Waals surface area (Å²) >= 11 is 5.84. The molecule has 1 aromatic heterocycles. The zero-order chi connectivity index (χ0) is 20.4. The van der Waals surface area contributed by atoms with Crippen LogP contribution in [0.3, 0.4) is 0 Å². The molecule has 0 saturated heterocycles. The van der Waals surface area contributed by atoms with Gasteiger partial charge in [0.25, 0.3) is 5.91 Å². The van der Waals surface area contributed by atoms with Gasteiger partial charge in [-0.3, -0.25) is 20.1 Å². The first-order chi connectivity index (χ1) is 13.4. The van der Waals surface area contributed by atoms with Crippen molar-refractivity contribution in [1.29, 1.82) is 5.26 Å². The number of hydrogen-bond acceptors (Lipinski definition) is 4. The fourth-order valence-corrected chi connectivity index (χ4v) is 2.45. The number of nitrogens with zero attached hydrogens (tertiary/aromatic N) is 3. The maximum Gasteiger partial charge on any atom is 0.251 e. The average Bonchev–Trinajstić information content (AvgIpc) is 2.67. The number of carbonyl (C=O) groups is 1. The molecular weight excluding hydrogens is 376 g/mol. The Labute approximate surface area is 169 Å². The minimum atomic E-state index is -0.174. The van der Waals surface area contributed by atoms with Crippen LogP contribution in [0.5, 0.6) is 0 Å². The van der Waals surface area contributed by atoms with Gasteiger partial charge >= 0.3 is 0 Å². The van der Waals surface area contributed by atoms with Crippen molar-refractivity contribution in [2.75, 3.05) is 18.4 Å². The van der Waals surface area contributed by atoms with E-state index in [9.17, 15) is 4.79 Å². The van der Waals surface area contributed by atoms with Gasteiger partial charge in [-0.15, -0.1) is 0 Å². The molecule has 0 aliphatic rings. The van der Waals surface area contributed by atoms with E-state index in [2.05, 4.69) is 39.8 Å². The summed E-state index contributed by atoms with van der Waals surface area (Å²) in [6.07, 6.45) is 5.91. The Bertz CT molecular complexity index is 843. The number of hydrogen-bond donors (Lipinski definition) is 3. The van der Waals surface area contributed by atoms with Crippen molar-refractivity contribution in [3.8, 4) is 6.19 Å². The molecule has 0 atom stereocenters. The first-order valence-electron chi connectivity index (χ1n) is 8.80. The highest BCUT2D eigenvalue weighted by atomic mass is 35.5. The van der Waals surface area contributed by atoms with Crippen molar-refractivity contribution in [3.05, 3.63) is 59.4 Å². The SMILES string of the molecule is CC(C)(CCNC(=O)c1ccc(Cl)cc1)CN=C(NC#N)Nc1cccnc1. The second-order valence-corrected chi connectivity index (χ2v) is 7.38. The molecule has 7 nitrogen and oxygen atoms in total. The van der Waals surface area contributed by atoms with Crippen LogP contribution in [0, 0.1) is 16.9 Å². The summed E-state index contributed by atoms with van der Waals surface area (Å²) in [4.78, 5) is 20.6. The van der Waals surface area contributed by atoms with Gasteiger partial charge in [-0.05, 0) is 48.2 Å². The predicted molar refractivity (Wildman–Crippen MR) is 111 cm³/mol. The van der Waals surface area contributed by atoms with Crippen LogP contribution in [0.2, 0.25) is 5.02 Å². The molecular formula is C20H23ClN6O. The Hall–Kier alpha value is -3.11. The summed E-state index contributed by atoms with van der Waals surface area (Å²) in [5.41, 5.74) is 1.13. The highest BCUT2D eigenvalue weighted by Gasteiger charge is 2.18. The maximum absolute atomic E-state index is 12.2. The minimum absolute atomic E-state index is 0.138. The molecule has 0 fully saturated rings. The van der Waals surface area contributed by atoms with Gasteiger partial charge in [-0.1, -0.05) is 25.4 Å². The molecule has 0 saturated carbocycles. The van der Waals surface area contributed by atoms with Gasteiger partial charge in [0.2, 0.25) is 5.96 Å². The highest BCUT2D eigenvalue weighted by Crippen LogP contribution is 2.20. The molecule has 0 aliphatic carbocycles. The molecule has 2 rings (SSSR count). The van der Waals surface area contributed by atoms with Gasteiger partial charge in [0.1, 0.15) is 0 Å². The Morgan fingerprint density at radius 2 is 2.04 bits per heavy atom. The van der Waals surface area contributed by atoms with Gasteiger partial charge in [0.15, 0.2) is 6.19 Å². The number of nitriles is 1. The Morgan fingerprint density at radius 3 is 2.68 bits per heavy atom. The molecule has 1 aromatic carbocycles. The van der Waals surface area contributed by atoms with Crippen molar-refractivity contribution in [2.24, 2.45) is 10.4 Å². The average molecular weight is 399 g/mol. The van der Waals surface area contributed by atoms with Crippen LogP contribution in [0.1, 0.15) is 30.6 Å². The topological polar surface area (TPSA) is 102 Å². The van der Waals surface area contributed by atoms with Gasteiger partial charge in [0.05, 0.1) is 11.9 Å². The van der Waals surface area contributed by atoms with Crippen LogP contribution in [0.25, 0.3) is 0 Å². The molecule has 146 valence electrons. The van der Waals surface area contributed by atoms with E-state index in [0.29, 0.717) is 29.6 Å². The quantitative estimate of drug-likeness (QED) is 0.287. The zero-order valence-electron chi connectivity index (χ0n) is 15.9. The standard InChI is InChI=1S/C20H23ClN6O/c1-20(2,9-11-24-18(28)15-5-7-16(21)8-6-15)13-25-19(26-14-22)27-17-4-3-10-23-12-17/h3-8,10,12H,9,11,13H2,1-2H3,(H,24,28)(H2,25,26,27). The van der Waals surface area contributed by atoms with Crippen molar-refractivity contribution in [3.63, 3.8) is 0 Å². The van der Waals surface area contributed by atoms with E-state index in [1.807, 2.05) is 12.3 Å². The van der Waals surface area contributed by atoms with E-state index in [1.54, 1.807) is 42.7 Å². The third kappa shape index (κ3) is 7.25. The summed E-state index contributed by atoms with van der Waals surface area (Å²) in [5, 5.41) is 18.0. The lowest BCUT2D eigenvalue weighted by molar-refractivity contribution is 0.0949. The first kappa shape index (κ1) is 21.2. The van der Waals surface area contributed by atoms with Gasteiger partial charge < -0.3 is 10.6 Å². The Balaban J connectivity index is 1.86. The third-order valence-electron chi connectivity index (χ3n) is 3.96. The number of guanidine groups is 1. The Morgan fingerprint density at radius 1 is 1.29 bits per heavy atom. The molecule has 8 heteroatoms. The first-order valence-corrected chi connectivity index (χ1v) is 9.18. The van der Waals surface area contributed by atoms with Gasteiger partial charge in [-0.2, -0.15) is 5.26 Å². The molecule has 1 amide bonds. The highest BCUT2D eigenvalue weighted by molar-refractivity contribution is 6.30. The van der Waals surface area contributed by atoms with Crippen LogP contribution in [0.15, 0.2) is 53.8 Å². The number of carbonyl (C=O) groups excluding carboxylic acids is 1. The summed E-state index contributed by atoms with van der Waals surface area (Å²) < 4.78 is 0. The van der Waals surface area contributed by atoms with E-state index < -0.39 is 0 Å². The van der Waals surface area contributed by atoms with Crippen LogP contribution in [0.4, 0.5) is 5.69 Å². The molecule has 0 aliphatic heterocycles. The molecule has 0 bridgehead atoms. The van der Waals surface area contributed by atoms with Crippen LogP contribution < -0.4 is 16.0 Å². The monoisotopic (exact) mass is 398 g/mol. The predicted octanol–water partition coefficient (Wildman–Crippen LogP) is 3.42. The number of aromatic nitrogens is 1. The van der Waals surface area contributed by atoms with E-state index >= 15 is 0 Å². The zero-order valence-corrected chi connectivity index (χ0v) is 16.6. The normalized spacial score (nSPS) is 11.4. The molecule has 3 N–H and O–H groups in total. The van der Waals surface area contributed by atoms with Crippen LogP contribution in [-0.4, -0.2) is 29.9 Å². The molecule has 2 aromatic rings. The number of nitrogens with one attached hydrogen (secondary N) is 3. The van der Waals surface area contributed by atoms with Crippen molar-refractivity contribution in [2.45, 2.75) is 20.3 Å². The van der Waals surface area contributed by atoms with Crippen molar-refractivity contribution < 1.29 is 4.79 Å². The fourth-order valence-electron chi connectivity index (χ4n) is 2.33. The molecule has 0 radical (unpaired) electrons. The molecule has 1 heterocycles. The number of benzene rings is 1. The lowest BCUT2D eigenvalue weighted by Crippen LogP contribution is -2.31. The second kappa shape index (κ2) is 10.3. The van der Waals surface area contributed by atoms with E-state index in [0.717, 1.165) is 12.1 Å². The smallest absolute Gasteiger partial charge is 0.251 e. The number of rotatable bonds is 7. The second-order valence-electron chi connectivity index (χ2n) is 6.95. The number of halogens is 1. The number of anilines is 1. The van der Waals surface area contributed by atoms with Gasteiger partial charge in [0, 0.05) is 29.9 Å². The number of pyridine rings is 1. The summed E-state index contributed by atoms with van der Waals surface area (Å²) in [7, 11) is 0. The maximum atomic E-state index is 12.2. The fraction of sp³-hybridized carbons (Fsp3) is 0.300. The number of aliphatic imine (C=N–C) groups is 1.